The van der Waals surface area contributed by atoms with Gasteiger partial charge in [-0.15, -0.1) is 0 Å². The van der Waals surface area contributed by atoms with Gasteiger partial charge in [0.05, 0.1) is 17.4 Å². The van der Waals surface area contributed by atoms with Gasteiger partial charge in [-0.25, -0.2) is 9.97 Å². The van der Waals surface area contributed by atoms with Crippen LogP contribution in [-0.2, 0) is 0 Å². The van der Waals surface area contributed by atoms with Crippen molar-refractivity contribution in [3.63, 3.8) is 0 Å². The Balaban J connectivity index is 2.31. The molecule has 0 saturated heterocycles. The first-order valence-corrected chi connectivity index (χ1v) is 5.88. The number of para-hydroxylation sites is 1. The summed E-state index contributed by atoms with van der Waals surface area (Å²) < 4.78 is 0. The van der Waals surface area contributed by atoms with E-state index < -0.39 is 4.92 Å². The number of nitriles is 1. The topological polar surface area (TPSA) is 96.0 Å². The number of benzene rings is 1. The molecule has 0 spiro atoms. The molecule has 20 heavy (non-hydrogen) atoms. The number of aromatic nitrogens is 2. The molecule has 7 heteroatoms. The standard InChI is InChI=1S/C13H11N5O2/c14-7-4-8-17(11-5-2-1-3-6-11)13-15-9-12(10-16-13)18(19)20/h1-3,5-6,9-10H,4,8H2. The van der Waals surface area contributed by atoms with Gasteiger partial charge in [-0.2, -0.15) is 5.26 Å². The van der Waals surface area contributed by atoms with Crippen LogP contribution in [0.5, 0.6) is 0 Å². The van der Waals surface area contributed by atoms with E-state index in [1.807, 2.05) is 30.3 Å². The number of anilines is 2. The summed E-state index contributed by atoms with van der Waals surface area (Å²) in [5.41, 5.74) is 0.665. The van der Waals surface area contributed by atoms with Gasteiger partial charge in [0.25, 0.3) is 0 Å². The summed E-state index contributed by atoms with van der Waals surface area (Å²) in [6.45, 7) is 0.415. The molecule has 0 atom stereocenters. The molecule has 0 aliphatic carbocycles. The Morgan fingerprint density at radius 2 is 1.90 bits per heavy atom. The first-order chi connectivity index (χ1) is 9.72. The number of hydrogen-bond acceptors (Lipinski definition) is 6. The van der Waals surface area contributed by atoms with Crippen molar-refractivity contribution in [3.05, 3.63) is 52.8 Å². The van der Waals surface area contributed by atoms with Gasteiger partial charge in [0, 0.05) is 12.2 Å². The summed E-state index contributed by atoms with van der Waals surface area (Å²) in [5.74, 6) is 0.331. The Kier molecular flexibility index (Phi) is 4.19. The van der Waals surface area contributed by atoms with Crippen molar-refractivity contribution in [3.8, 4) is 6.07 Å². The highest BCUT2D eigenvalue weighted by molar-refractivity contribution is 5.57. The van der Waals surface area contributed by atoms with Gasteiger partial charge in [0.2, 0.25) is 5.95 Å². The molecule has 2 aromatic rings. The van der Waals surface area contributed by atoms with Gasteiger partial charge in [-0.1, -0.05) is 18.2 Å². The van der Waals surface area contributed by atoms with Crippen molar-refractivity contribution in [2.45, 2.75) is 6.42 Å². The monoisotopic (exact) mass is 269 g/mol. The minimum absolute atomic E-state index is 0.165. The van der Waals surface area contributed by atoms with Gasteiger partial charge >= 0.3 is 5.69 Å². The molecule has 0 aliphatic rings. The van der Waals surface area contributed by atoms with Crippen LogP contribution in [0.4, 0.5) is 17.3 Å². The van der Waals surface area contributed by atoms with Crippen LogP contribution in [0.15, 0.2) is 42.7 Å². The third-order valence-electron chi connectivity index (χ3n) is 2.59. The molecule has 100 valence electrons. The molecule has 0 amide bonds. The van der Waals surface area contributed by atoms with Crippen molar-refractivity contribution in [2.24, 2.45) is 0 Å². The average molecular weight is 269 g/mol. The van der Waals surface area contributed by atoms with Crippen molar-refractivity contribution in [1.29, 1.82) is 5.26 Å². The lowest BCUT2D eigenvalue weighted by Gasteiger charge is -2.21. The molecule has 0 bridgehead atoms. The summed E-state index contributed by atoms with van der Waals surface area (Å²) in [6.07, 6.45) is 2.62. The normalized spacial score (nSPS) is 9.75. The summed E-state index contributed by atoms with van der Waals surface area (Å²) in [5, 5.41) is 19.3. The van der Waals surface area contributed by atoms with E-state index in [0.29, 0.717) is 18.9 Å². The van der Waals surface area contributed by atoms with Gasteiger partial charge in [0.1, 0.15) is 12.4 Å². The van der Waals surface area contributed by atoms with Crippen molar-refractivity contribution >= 4 is 17.3 Å². The van der Waals surface area contributed by atoms with Crippen molar-refractivity contribution < 1.29 is 4.92 Å². The Labute approximate surface area is 115 Å². The van der Waals surface area contributed by atoms with Crippen LogP contribution in [0.3, 0.4) is 0 Å². The number of hydrogen-bond donors (Lipinski definition) is 0. The maximum absolute atomic E-state index is 10.6. The maximum Gasteiger partial charge on any atom is 0.305 e. The molecule has 0 N–H and O–H groups in total. The molecular weight excluding hydrogens is 258 g/mol. The SMILES string of the molecule is N#CCCN(c1ccccc1)c1ncc([N+](=O)[O-])cn1. The lowest BCUT2D eigenvalue weighted by Crippen LogP contribution is -2.20. The lowest BCUT2D eigenvalue weighted by molar-refractivity contribution is -0.385. The Hall–Kier alpha value is -3.01. The van der Waals surface area contributed by atoms with Gasteiger partial charge in [-0.05, 0) is 12.1 Å². The highest BCUT2D eigenvalue weighted by atomic mass is 16.6. The van der Waals surface area contributed by atoms with Gasteiger partial charge in [0.15, 0.2) is 0 Å². The van der Waals surface area contributed by atoms with E-state index in [4.69, 9.17) is 5.26 Å². The second-order valence-corrected chi connectivity index (χ2v) is 3.89. The van der Waals surface area contributed by atoms with Crippen LogP contribution in [-0.4, -0.2) is 21.4 Å². The Morgan fingerprint density at radius 3 is 2.45 bits per heavy atom. The van der Waals surface area contributed by atoms with E-state index in [-0.39, 0.29) is 5.69 Å². The molecule has 7 nitrogen and oxygen atoms in total. The fourth-order valence-corrected chi connectivity index (χ4v) is 1.66. The molecule has 2 rings (SSSR count). The second-order valence-electron chi connectivity index (χ2n) is 3.89. The van der Waals surface area contributed by atoms with E-state index >= 15 is 0 Å². The lowest BCUT2D eigenvalue weighted by atomic mass is 10.3. The molecule has 1 aromatic heterocycles. The van der Waals surface area contributed by atoms with Crippen LogP contribution >= 0.6 is 0 Å². The quantitative estimate of drug-likeness (QED) is 0.611. The number of rotatable bonds is 5. The van der Waals surface area contributed by atoms with E-state index in [2.05, 4.69) is 16.0 Å². The van der Waals surface area contributed by atoms with E-state index in [9.17, 15) is 10.1 Å². The van der Waals surface area contributed by atoms with Crippen LogP contribution in [0.1, 0.15) is 6.42 Å². The summed E-state index contributed by atoms with van der Waals surface area (Å²) >= 11 is 0. The fraction of sp³-hybridized carbons (Fsp3) is 0.154. The minimum Gasteiger partial charge on any atom is -0.310 e. The molecule has 0 radical (unpaired) electrons. The zero-order valence-corrected chi connectivity index (χ0v) is 10.5. The largest absolute Gasteiger partial charge is 0.310 e. The third-order valence-corrected chi connectivity index (χ3v) is 2.59. The van der Waals surface area contributed by atoms with E-state index in [1.165, 1.54) is 0 Å². The van der Waals surface area contributed by atoms with E-state index in [1.54, 1.807) is 4.90 Å². The maximum atomic E-state index is 10.6. The number of nitro groups is 1. The van der Waals surface area contributed by atoms with Crippen LogP contribution in [0.25, 0.3) is 0 Å². The van der Waals surface area contributed by atoms with Crippen molar-refractivity contribution in [1.82, 2.24) is 9.97 Å². The zero-order valence-electron chi connectivity index (χ0n) is 10.5. The molecule has 0 fully saturated rings. The summed E-state index contributed by atoms with van der Waals surface area (Å²) in [6, 6.07) is 11.4. The molecule has 1 aromatic carbocycles. The summed E-state index contributed by atoms with van der Waals surface area (Å²) in [7, 11) is 0. The second kappa shape index (κ2) is 6.24. The molecular formula is C13H11N5O2. The predicted molar refractivity (Wildman–Crippen MR) is 72.4 cm³/mol. The minimum atomic E-state index is -0.550. The van der Waals surface area contributed by atoms with Crippen LogP contribution in [0.2, 0.25) is 0 Å². The van der Waals surface area contributed by atoms with E-state index in [0.717, 1.165) is 18.1 Å². The zero-order chi connectivity index (χ0) is 14.4. The first-order valence-electron chi connectivity index (χ1n) is 5.88. The van der Waals surface area contributed by atoms with Gasteiger partial charge in [-0.3, -0.25) is 10.1 Å². The summed E-state index contributed by atoms with van der Waals surface area (Å²) in [4.78, 5) is 19.8. The van der Waals surface area contributed by atoms with Gasteiger partial charge < -0.3 is 4.90 Å². The molecule has 0 aliphatic heterocycles. The molecule has 0 saturated carbocycles. The molecule has 1 heterocycles. The predicted octanol–water partition coefficient (Wildman–Crippen LogP) is 2.44. The van der Waals surface area contributed by atoms with Crippen molar-refractivity contribution in [2.75, 3.05) is 11.4 Å². The molecule has 0 unspecified atom stereocenters. The first kappa shape index (κ1) is 13.4. The number of nitrogens with zero attached hydrogens (tertiary/aromatic N) is 5. The Bertz CT molecular complexity index is 621. The fourth-order valence-electron chi connectivity index (χ4n) is 1.66. The Morgan fingerprint density at radius 1 is 1.25 bits per heavy atom. The third kappa shape index (κ3) is 3.05. The highest BCUT2D eigenvalue weighted by Crippen LogP contribution is 2.22. The highest BCUT2D eigenvalue weighted by Gasteiger charge is 2.14. The van der Waals surface area contributed by atoms with Crippen LogP contribution < -0.4 is 4.90 Å². The van der Waals surface area contributed by atoms with Crippen LogP contribution in [0, 0.1) is 21.4 Å². The smallest absolute Gasteiger partial charge is 0.305 e. The average Bonchev–Trinajstić information content (AvgIpc) is 2.49.